The van der Waals surface area contributed by atoms with Crippen molar-refractivity contribution in [1.82, 2.24) is 4.98 Å². The number of nitrogens with zero attached hydrogens (tertiary/aromatic N) is 1. The fourth-order valence-corrected chi connectivity index (χ4v) is 1.99. The van der Waals surface area contributed by atoms with Crippen LogP contribution in [0.5, 0.6) is 0 Å². The summed E-state index contributed by atoms with van der Waals surface area (Å²) in [5.74, 6) is -0.230. The van der Waals surface area contributed by atoms with Crippen LogP contribution in [-0.4, -0.2) is 10.9 Å². The number of rotatable bonds is 2. The first-order chi connectivity index (χ1) is 8.56. The zero-order chi connectivity index (χ0) is 13.1. The van der Waals surface area contributed by atoms with Gasteiger partial charge in [0.15, 0.2) is 0 Å². The number of benzene rings is 1. The molecule has 1 heterocycles. The van der Waals surface area contributed by atoms with Gasteiger partial charge in [-0.15, -0.1) is 0 Å². The van der Waals surface area contributed by atoms with Crippen molar-refractivity contribution in [2.24, 2.45) is 0 Å². The summed E-state index contributed by atoms with van der Waals surface area (Å²) in [5, 5.41) is 3.25. The molecule has 0 bridgehead atoms. The van der Waals surface area contributed by atoms with Crippen molar-refractivity contribution < 1.29 is 4.79 Å². The molecular weight excluding hydrogens is 316 g/mol. The van der Waals surface area contributed by atoms with E-state index >= 15 is 0 Å². The van der Waals surface area contributed by atoms with Gasteiger partial charge in [0, 0.05) is 16.9 Å². The molecule has 0 unspecified atom stereocenters. The minimum atomic E-state index is -0.230. The Balaban J connectivity index is 2.24. The van der Waals surface area contributed by atoms with Crippen LogP contribution < -0.4 is 5.32 Å². The maximum atomic E-state index is 12.0. The Morgan fingerprint density at radius 3 is 2.83 bits per heavy atom. The van der Waals surface area contributed by atoms with E-state index < -0.39 is 0 Å². The smallest absolute Gasteiger partial charge is 0.257 e. The lowest BCUT2D eigenvalue weighted by atomic mass is 10.2. The van der Waals surface area contributed by atoms with Crippen LogP contribution in [0.3, 0.4) is 0 Å². The van der Waals surface area contributed by atoms with Gasteiger partial charge >= 0.3 is 0 Å². The fraction of sp³-hybridized carbons (Fsp3) is 0.0769. The molecule has 2 rings (SSSR count). The Morgan fingerprint density at radius 1 is 1.33 bits per heavy atom. The predicted molar refractivity (Wildman–Crippen MR) is 76.1 cm³/mol. The SMILES string of the molecule is Cc1cncc(C(=O)Nc2cc(Br)ccc2Cl)c1. The van der Waals surface area contributed by atoms with Gasteiger partial charge in [0.05, 0.1) is 16.3 Å². The number of carbonyl (C=O) groups excluding carboxylic acids is 1. The van der Waals surface area contributed by atoms with Crippen LogP contribution in [0, 0.1) is 6.92 Å². The molecule has 0 aliphatic carbocycles. The molecule has 0 saturated heterocycles. The molecule has 1 N–H and O–H groups in total. The van der Waals surface area contributed by atoms with Crippen LogP contribution in [0.4, 0.5) is 5.69 Å². The first kappa shape index (κ1) is 13.1. The van der Waals surface area contributed by atoms with Gasteiger partial charge in [-0.05, 0) is 36.8 Å². The van der Waals surface area contributed by atoms with Crippen molar-refractivity contribution in [3.8, 4) is 0 Å². The van der Waals surface area contributed by atoms with E-state index in [0.29, 0.717) is 16.3 Å². The van der Waals surface area contributed by atoms with E-state index in [1.165, 1.54) is 6.20 Å². The number of hydrogen-bond acceptors (Lipinski definition) is 2. The largest absolute Gasteiger partial charge is 0.321 e. The van der Waals surface area contributed by atoms with E-state index in [-0.39, 0.29) is 5.91 Å². The molecule has 0 aliphatic rings. The summed E-state index contributed by atoms with van der Waals surface area (Å²) in [7, 11) is 0. The summed E-state index contributed by atoms with van der Waals surface area (Å²) in [6.45, 7) is 1.88. The number of anilines is 1. The Kier molecular flexibility index (Phi) is 3.99. The number of nitrogens with one attached hydrogen (secondary N) is 1. The van der Waals surface area contributed by atoms with Gasteiger partial charge in [-0.1, -0.05) is 27.5 Å². The van der Waals surface area contributed by atoms with E-state index in [9.17, 15) is 4.79 Å². The third-order valence-electron chi connectivity index (χ3n) is 2.31. The van der Waals surface area contributed by atoms with Crippen molar-refractivity contribution in [3.63, 3.8) is 0 Å². The summed E-state index contributed by atoms with van der Waals surface area (Å²) >= 11 is 9.34. The lowest BCUT2D eigenvalue weighted by molar-refractivity contribution is 0.102. The van der Waals surface area contributed by atoms with Gasteiger partial charge in [0.2, 0.25) is 0 Å². The highest BCUT2D eigenvalue weighted by atomic mass is 79.9. The molecule has 1 aromatic heterocycles. The van der Waals surface area contributed by atoms with E-state index in [2.05, 4.69) is 26.2 Å². The number of carbonyl (C=O) groups is 1. The highest BCUT2D eigenvalue weighted by molar-refractivity contribution is 9.10. The van der Waals surface area contributed by atoms with Crippen molar-refractivity contribution in [2.75, 3.05) is 5.32 Å². The van der Waals surface area contributed by atoms with Crippen molar-refractivity contribution in [3.05, 3.63) is 57.3 Å². The summed E-state index contributed by atoms with van der Waals surface area (Å²) in [4.78, 5) is 16.0. The first-order valence-electron chi connectivity index (χ1n) is 5.24. The third-order valence-corrected chi connectivity index (χ3v) is 3.14. The molecule has 18 heavy (non-hydrogen) atoms. The molecule has 2 aromatic rings. The summed E-state index contributed by atoms with van der Waals surface area (Å²) in [6.07, 6.45) is 3.22. The summed E-state index contributed by atoms with van der Waals surface area (Å²) in [6, 6.07) is 7.06. The maximum absolute atomic E-state index is 12.0. The monoisotopic (exact) mass is 324 g/mol. The van der Waals surface area contributed by atoms with Gasteiger partial charge in [-0.2, -0.15) is 0 Å². The first-order valence-corrected chi connectivity index (χ1v) is 6.41. The second-order valence-electron chi connectivity index (χ2n) is 3.83. The van der Waals surface area contributed by atoms with E-state index in [4.69, 9.17) is 11.6 Å². The highest BCUT2D eigenvalue weighted by Gasteiger charge is 2.09. The molecule has 1 aromatic carbocycles. The van der Waals surface area contributed by atoms with Gasteiger partial charge in [-0.25, -0.2) is 0 Å². The van der Waals surface area contributed by atoms with Gasteiger partial charge < -0.3 is 5.32 Å². The molecule has 0 fully saturated rings. The Morgan fingerprint density at radius 2 is 2.11 bits per heavy atom. The molecule has 0 atom stereocenters. The molecular formula is C13H10BrClN2O. The summed E-state index contributed by atoms with van der Waals surface area (Å²) < 4.78 is 0.851. The van der Waals surface area contributed by atoms with E-state index in [1.54, 1.807) is 24.4 Å². The average molecular weight is 326 g/mol. The topological polar surface area (TPSA) is 42.0 Å². The van der Waals surface area contributed by atoms with Crippen LogP contribution in [0.25, 0.3) is 0 Å². The average Bonchev–Trinajstić information content (AvgIpc) is 2.34. The van der Waals surface area contributed by atoms with E-state index in [0.717, 1.165) is 10.0 Å². The number of pyridine rings is 1. The lowest BCUT2D eigenvalue weighted by Crippen LogP contribution is -2.12. The Bertz CT molecular complexity index is 601. The van der Waals surface area contributed by atoms with Crippen molar-refractivity contribution >= 4 is 39.1 Å². The lowest BCUT2D eigenvalue weighted by Gasteiger charge is -2.07. The second kappa shape index (κ2) is 5.50. The molecule has 0 radical (unpaired) electrons. The molecule has 0 aliphatic heterocycles. The zero-order valence-corrected chi connectivity index (χ0v) is 11.9. The molecule has 5 heteroatoms. The van der Waals surface area contributed by atoms with Crippen LogP contribution in [-0.2, 0) is 0 Å². The molecule has 1 amide bonds. The van der Waals surface area contributed by atoms with Gasteiger partial charge in [-0.3, -0.25) is 9.78 Å². The second-order valence-corrected chi connectivity index (χ2v) is 5.15. The zero-order valence-electron chi connectivity index (χ0n) is 9.58. The van der Waals surface area contributed by atoms with Crippen molar-refractivity contribution in [1.29, 1.82) is 0 Å². The van der Waals surface area contributed by atoms with Crippen LogP contribution in [0.15, 0.2) is 41.1 Å². The molecule has 92 valence electrons. The maximum Gasteiger partial charge on any atom is 0.257 e. The molecule has 3 nitrogen and oxygen atoms in total. The number of amides is 1. The minimum Gasteiger partial charge on any atom is -0.321 e. The standard InChI is InChI=1S/C13H10BrClN2O/c1-8-4-9(7-16-6-8)13(18)17-12-5-10(14)2-3-11(12)15/h2-7H,1H3,(H,17,18). The Labute approximate surface area is 118 Å². The Hall–Kier alpha value is -1.39. The van der Waals surface area contributed by atoms with E-state index in [1.807, 2.05) is 13.0 Å². The van der Waals surface area contributed by atoms with Crippen LogP contribution >= 0.6 is 27.5 Å². The number of halogens is 2. The van der Waals surface area contributed by atoms with Crippen molar-refractivity contribution in [2.45, 2.75) is 6.92 Å². The number of aromatic nitrogens is 1. The molecule has 0 saturated carbocycles. The minimum absolute atomic E-state index is 0.230. The fourth-order valence-electron chi connectivity index (χ4n) is 1.47. The number of aryl methyl sites for hydroxylation is 1. The summed E-state index contributed by atoms with van der Waals surface area (Å²) in [5.41, 5.74) is 2.01. The van der Waals surface area contributed by atoms with Gasteiger partial charge in [0.1, 0.15) is 0 Å². The molecule has 0 spiro atoms. The van der Waals surface area contributed by atoms with Crippen LogP contribution in [0.1, 0.15) is 15.9 Å². The van der Waals surface area contributed by atoms with Crippen LogP contribution in [0.2, 0.25) is 5.02 Å². The number of hydrogen-bond donors (Lipinski definition) is 1. The third kappa shape index (κ3) is 3.09. The predicted octanol–water partition coefficient (Wildman–Crippen LogP) is 4.06. The highest BCUT2D eigenvalue weighted by Crippen LogP contribution is 2.26. The van der Waals surface area contributed by atoms with Gasteiger partial charge in [0.25, 0.3) is 5.91 Å². The normalized spacial score (nSPS) is 10.2. The quantitative estimate of drug-likeness (QED) is 0.905.